The molecular weight excluding hydrogens is 511 g/mol. The number of thiocarbonyl (C=S) groups is 1. The van der Waals surface area contributed by atoms with Gasteiger partial charge in [-0.15, -0.1) is 11.3 Å². The van der Waals surface area contributed by atoms with Gasteiger partial charge in [-0.05, 0) is 42.4 Å². The molecule has 6 nitrogen and oxygen atoms in total. The number of benzene rings is 2. The molecule has 0 saturated carbocycles. The van der Waals surface area contributed by atoms with Gasteiger partial charge in [-0.1, -0.05) is 59.6 Å². The SMILES string of the molecule is COC(=O)c1c(NC(=S)Nc2ccn(Cc3ccc(Cl)cc3Cl)n2)sc(C)c1-c1ccccc1. The number of aromatic nitrogens is 2. The number of halogens is 2. The lowest BCUT2D eigenvalue weighted by atomic mass is 10.0. The molecule has 0 aliphatic carbocycles. The zero-order valence-electron chi connectivity index (χ0n) is 18.3. The summed E-state index contributed by atoms with van der Waals surface area (Å²) in [7, 11) is 1.37. The molecular formula is C24H20Cl2N4O2S2. The summed E-state index contributed by atoms with van der Waals surface area (Å²) in [5.74, 6) is 0.122. The van der Waals surface area contributed by atoms with Gasteiger partial charge < -0.3 is 15.4 Å². The second-order valence-corrected chi connectivity index (χ2v) is 9.79. The van der Waals surface area contributed by atoms with Crippen LogP contribution in [0, 0.1) is 6.92 Å². The van der Waals surface area contributed by atoms with Crippen LogP contribution in [0.15, 0.2) is 60.8 Å². The molecule has 0 amide bonds. The van der Waals surface area contributed by atoms with Gasteiger partial charge in [0.05, 0.1) is 13.7 Å². The standard InChI is InChI=1S/C24H20Cl2N4O2S2/c1-14-20(15-6-4-3-5-7-15)21(23(31)32-2)22(34-14)28-24(33)27-19-10-11-30(29-19)13-16-8-9-17(25)12-18(16)26/h3-12H,13H2,1-2H3,(H2,27,28,29,33). The number of aryl methyl sites for hydroxylation is 1. The number of rotatable bonds is 6. The smallest absolute Gasteiger partial charge is 0.341 e. The summed E-state index contributed by atoms with van der Waals surface area (Å²) in [6.45, 7) is 2.44. The molecule has 2 aromatic heterocycles. The van der Waals surface area contributed by atoms with Crippen LogP contribution in [0.2, 0.25) is 10.0 Å². The number of ether oxygens (including phenoxy) is 1. The van der Waals surface area contributed by atoms with Gasteiger partial charge >= 0.3 is 5.97 Å². The number of carbonyl (C=O) groups excluding carboxylic acids is 1. The van der Waals surface area contributed by atoms with E-state index < -0.39 is 5.97 Å². The molecule has 4 aromatic rings. The van der Waals surface area contributed by atoms with Crippen LogP contribution in [0.25, 0.3) is 11.1 Å². The summed E-state index contributed by atoms with van der Waals surface area (Å²) in [6.07, 6.45) is 1.82. The van der Waals surface area contributed by atoms with Gasteiger partial charge in [-0.2, -0.15) is 5.10 Å². The molecule has 4 rings (SSSR count). The molecule has 0 fully saturated rings. The summed E-state index contributed by atoms with van der Waals surface area (Å²) in [5, 5.41) is 12.8. The van der Waals surface area contributed by atoms with Crippen LogP contribution >= 0.6 is 46.8 Å². The minimum atomic E-state index is -0.433. The Morgan fingerprint density at radius 3 is 2.62 bits per heavy atom. The Hall–Kier alpha value is -2.91. The molecule has 2 N–H and O–H groups in total. The third-order valence-electron chi connectivity index (χ3n) is 4.99. The second kappa shape index (κ2) is 10.6. The Bertz CT molecular complexity index is 1350. The van der Waals surface area contributed by atoms with Gasteiger partial charge in [-0.3, -0.25) is 4.68 Å². The zero-order chi connectivity index (χ0) is 24.2. The summed E-state index contributed by atoms with van der Waals surface area (Å²) >= 11 is 19.2. The van der Waals surface area contributed by atoms with Crippen molar-refractivity contribution in [1.29, 1.82) is 0 Å². The molecule has 0 atom stereocenters. The van der Waals surface area contributed by atoms with E-state index >= 15 is 0 Å². The zero-order valence-corrected chi connectivity index (χ0v) is 21.4. The molecule has 0 aliphatic heterocycles. The highest BCUT2D eigenvalue weighted by Crippen LogP contribution is 2.40. The van der Waals surface area contributed by atoms with Crippen molar-refractivity contribution in [3.8, 4) is 11.1 Å². The number of hydrogen-bond acceptors (Lipinski definition) is 5. The van der Waals surface area contributed by atoms with Gasteiger partial charge in [0.1, 0.15) is 10.6 Å². The first-order valence-corrected chi connectivity index (χ1v) is 12.2. The maximum atomic E-state index is 12.7. The van der Waals surface area contributed by atoms with E-state index in [-0.39, 0.29) is 0 Å². The van der Waals surface area contributed by atoms with Crippen LogP contribution in [0.4, 0.5) is 10.8 Å². The predicted molar refractivity (Wildman–Crippen MR) is 143 cm³/mol. The van der Waals surface area contributed by atoms with Crippen molar-refractivity contribution in [3.05, 3.63) is 86.8 Å². The van der Waals surface area contributed by atoms with Crippen LogP contribution in [0.1, 0.15) is 20.8 Å². The Morgan fingerprint density at radius 1 is 1.15 bits per heavy atom. The van der Waals surface area contributed by atoms with Crippen molar-refractivity contribution in [2.45, 2.75) is 13.5 Å². The fraction of sp³-hybridized carbons (Fsp3) is 0.125. The molecule has 10 heteroatoms. The van der Waals surface area contributed by atoms with Gasteiger partial charge in [0.2, 0.25) is 0 Å². The lowest BCUT2D eigenvalue weighted by Crippen LogP contribution is -2.20. The van der Waals surface area contributed by atoms with Crippen LogP contribution in [-0.4, -0.2) is 28.0 Å². The molecule has 2 aromatic carbocycles. The molecule has 0 saturated heterocycles. The van der Waals surface area contributed by atoms with Gasteiger partial charge in [-0.25, -0.2) is 4.79 Å². The number of hydrogen-bond donors (Lipinski definition) is 2. The Balaban J connectivity index is 1.51. The number of thiophene rings is 1. The first-order chi connectivity index (χ1) is 16.4. The van der Waals surface area contributed by atoms with E-state index in [1.807, 2.05) is 49.5 Å². The fourth-order valence-electron chi connectivity index (χ4n) is 3.47. The maximum Gasteiger partial charge on any atom is 0.341 e. The van der Waals surface area contributed by atoms with Crippen LogP contribution in [0.5, 0.6) is 0 Å². The lowest BCUT2D eigenvalue weighted by molar-refractivity contribution is 0.0603. The number of methoxy groups -OCH3 is 1. The van der Waals surface area contributed by atoms with E-state index in [4.69, 9.17) is 40.2 Å². The van der Waals surface area contributed by atoms with E-state index in [2.05, 4.69) is 15.7 Å². The number of nitrogens with zero attached hydrogens (tertiary/aromatic N) is 2. The monoisotopic (exact) mass is 530 g/mol. The van der Waals surface area contributed by atoms with E-state index in [1.54, 1.807) is 22.9 Å². The third kappa shape index (κ3) is 5.42. The van der Waals surface area contributed by atoms with Crippen LogP contribution in [0.3, 0.4) is 0 Å². The van der Waals surface area contributed by atoms with Gasteiger partial charge in [0.25, 0.3) is 0 Å². The Labute approximate surface area is 216 Å². The van der Waals surface area contributed by atoms with E-state index in [9.17, 15) is 4.79 Å². The molecule has 0 spiro atoms. The molecule has 174 valence electrons. The molecule has 0 radical (unpaired) electrons. The molecule has 2 heterocycles. The van der Waals surface area contributed by atoms with Crippen LogP contribution < -0.4 is 10.6 Å². The van der Waals surface area contributed by atoms with Crippen LogP contribution in [-0.2, 0) is 11.3 Å². The quantitative estimate of drug-likeness (QED) is 0.209. The normalized spacial score (nSPS) is 10.7. The Morgan fingerprint density at radius 2 is 1.91 bits per heavy atom. The minimum Gasteiger partial charge on any atom is -0.465 e. The summed E-state index contributed by atoms with van der Waals surface area (Å²) in [5.41, 5.74) is 3.10. The first-order valence-electron chi connectivity index (χ1n) is 10.2. The number of esters is 1. The average molecular weight is 531 g/mol. The lowest BCUT2D eigenvalue weighted by Gasteiger charge is -2.10. The summed E-state index contributed by atoms with van der Waals surface area (Å²) in [4.78, 5) is 13.6. The molecule has 0 aliphatic rings. The minimum absolute atomic E-state index is 0.306. The van der Waals surface area contributed by atoms with Crippen molar-refractivity contribution in [3.63, 3.8) is 0 Å². The maximum absolute atomic E-state index is 12.7. The fourth-order valence-corrected chi connectivity index (χ4v) is 5.28. The van der Waals surface area contributed by atoms with Crippen molar-refractivity contribution >= 4 is 68.7 Å². The summed E-state index contributed by atoms with van der Waals surface area (Å²) in [6, 6.07) is 16.9. The molecule has 0 bridgehead atoms. The van der Waals surface area contributed by atoms with Crippen molar-refractivity contribution in [1.82, 2.24) is 9.78 Å². The second-order valence-electron chi connectivity index (χ2n) is 7.31. The highest BCUT2D eigenvalue weighted by Gasteiger charge is 2.24. The highest BCUT2D eigenvalue weighted by atomic mass is 35.5. The summed E-state index contributed by atoms with van der Waals surface area (Å²) < 4.78 is 6.80. The average Bonchev–Trinajstić information content (AvgIpc) is 3.38. The molecule has 34 heavy (non-hydrogen) atoms. The number of nitrogens with one attached hydrogen (secondary N) is 2. The van der Waals surface area contributed by atoms with Gasteiger partial charge in [0, 0.05) is 32.7 Å². The highest BCUT2D eigenvalue weighted by molar-refractivity contribution is 7.80. The van der Waals surface area contributed by atoms with E-state index in [1.165, 1.54) is 18.4 Å². The van der Waals surface area contributed by atoms with E-state index in [0.29, 0.717) is 38.1 Å². The van der Waals surface area contributed by atoms with Crippen molar-refractivity contribution in [2.24, 2.45) is 0 Å². The van der Waals surface area contributed by atoms with Gasteiger partial charge in [0.15, 0.2) is 10.9 Å². The topological polar surface area (TPSA) is 68.2 Å². The van der Waals surface area contributed by atoms with Crippen molar-refractivity contribution in [2.75, 3.05) is 17.7 Å². The first kappa shape index (κ1) is 24.2. The number of anilines is 2. The van der Waals surface area contributed by atoms with E-state index in [0.717, 1.165) is 21.6 Å². The third-order valence-corrected chi connectivity index (χ3v) is 6.80. The Kier molecular flexibility index (Phi) is 7.53. The largest absolute Gasteiger partial charge is 0.465 e. The number of carbonyl (C=O) groups is 1. The molecule has 0 unspecified atom stereocenters. The predicted octanol–water partition coefficient (Wildman–Crippen LogP) is 6.87. The van der Waals surface area contributed by atoms with Crippen molar-refractivity contribution < 1.29 is 9.53 Å².